The van der Waals surface area contributed by atoms with Gasteiger partial charge >= 0.3 is 5.97 Å². The Bertz CT molecular complexity index is 1150. The lowest BCUT2D eigenvalue weighted by Gasteiger charge is -2.26. The minimum atomic E-state index is -0.494. The Hall–Kier alpha value is -3.34. The van der Waals surface area contributed by atoms with Crippen molar-refractivity contribution < 1.29 is 23.9 Å². The van der Waals surface area contributed by atoms with Crippen LogP contribution in [0, 0.1) is 0 Å². The molecule has 1 fully saturated rings. The van der Waals surface area contributed by atoms with Gasteiger partial charge in [0.05, 0.1) is 24.3 Å². The SMILES string of the molecule is CNc1sc(-c2ccccc2)cc1C(=O)N1CCOCC1.CSNc1cccc(C(=O)OCC=O)c1. The summed E-state index contributed by atoms with van der Waals surface area (Å²) in [4.78, 5) is 37.0. The molecular formula is C26H29N3O5S2. The predicted molar refractivity (Wildman–Crippen MR) is 146 cm³/mol. The molecular weight excluding hydrogens is 498 g/mol. The first-order valence-corrected chi connectivity index (χ1v) is 13.3. The topological polar surface area (TPSA) is 97.0 Å². The highest BCUT2D eigenvalue weighted by Crippen LogP contribution is 2.35. The van der Waals surface area contributed by atoms with Crippen molar-refractivity contribution in [3.8, 4) is 10.4 Å². The van der Waals surface area contributed by atoms with Crippen LogP contribution in [0.5, 0.6) is 0 Å². The van der Waals surface area contributed by atoms with Crippen LogP contribution in [0.25, 0.3) is 10.4 Å². The zero-order chi connectivity index (χ0) is 25.8. The second-order valence-corrected chi connectivity index (χ2v) is 9.19. The van der Waals surface area contributed by atoms with E-state index in [1.165, 1.54) is 11.9 Å². The molecule has 0 atom stereocenters. The molecule has 36 heavy (non-hydrogen) atoms. The summed E-state index contributed by atoms with van der Waals surface area (Å²) in [7, 11) is 1.86. The van der Waals surface area contributed by atoms with E-state index in [2.05, 4.69) is 26.9 Å². The van der Waals surface area contributed by atoms with Gasteiger partial charge in [0.15, 0.2) is 6.29 Å². The van der Waals surface area contributed by atoms with E-state index in [1.807, 2.05) is 48.5 Å². The maximum absolute atomic E-state index is 12.7. The summed E-state index contributed by atoms with van der Waals surface area (Å²) in [5.74, 6) is -0.409. The van der Waals surface area contributed by atoms with Crippen molar-refractivity contribution in [1.29, 1.82) is 0 Å². The summed E-state index contributed by atoms with van der Waals surface area (Å²) in [5, 5.41) is 4.07. The Morgan fingerprint density at radius 2 is 1.86 bits per heavy atom. The number of nitrogens with one attached hydrogen (secondary N) is 2. The molecule has 10 heteroatoms. The smallest absolute Gasteiger partial charge is 0.338 e. The number of ether oxygens (including phenoxy) is 2. The largest absolute Gasteiger partial charge is 0.454 e. The molecule has 0 bridgehead atoms. The molecule has 0 aliphatic carbocycles. The van der Waals surface area contributed by atoms with Crippen molar-refractivity contribution in [2.45, 2.75) is 0 Å². The lowest BCUT2D eigenvalue weighted by atomic mass is 10.1. The maximum atomic E-state index is 12.7. The molecule has 2 N–H and O–H groups in total. The van der Waals surface area contributed by atoms with Gasteiger partial charge < -0.3 is 24.4 Å². The van der Waals surface area contributed by atoms with Crippen LogP contribution >= 0.6 is 23.3 Å². The molecule has 0 saturated carbocycles. The Labute approximate surface area is 219 Å². The summed E-state index contributed by atoms with van der Waals surface area (Å²) in [6, 6.07) is 19.0. The molecule has 8 nitrogen and oxygen atoms in total. The minimum Gasteiger partial charge on any atom is -0.454 e. The van der Waals surface area contributed by atoms with Gasteiger partial charge in [-0.3, -0.25) is 9.59 Å². The summed E-state index contributed by atoms with van der Waals surface area (Å²) in [6.07, 6.45) is 2.43. The number of anilines is 2. The van der Waals surface area contributed by atoms with Gasteiger partial charge in [-0.25, -0.2) is 4.79 Å². The van der Waals surface area contributed by atoms with E-state index < -0.39 is 5.97 Å². The number of carbonyl (C=O) groups is 3. The van der Waals surface area contributed by atoms with Crippen LogP contribution in [0.3, 0.4) is 0 Å². The molecule has 4 rings (SSSR count). The summed E-state index contributed by atoms with van der Waals surface area (Å²) < 4.78 is 13.0. The third-order valence-electron chi connectivity index (χ3n) is 5.15. The first kappa shape index (κ1) is 27.3. The van der Waals surface area contributed by atoms with Crippen molar-refractivity contribution in [2.24, 2.45) is 0 Å². The number of benzene rings is 2. The molecule has 0 unspecified atom stereocenters. The predicted octanol–water partition coefficient (Wildman–Crippen LogP) is 4.66. The van der Waals surface area contributed by atoms with Gasteiger partial charge in [-0.15, -0.1) is 11.3 Å². The fourth-order valence-electron chi connectivity index (χ4n) is 3.44. The van der Waals surface area contributed by atoms with Crippen LogP contribution < -0.4 is 10.0 Å². The highest BCUT2D eigenvalue weighted by atomic mass is 32.2. The third kappa shape index (κ3) is 7.58. The number of hydrogen-bond acceptors (Lipinski definition) is 9. The highest BCUT2D eigenvalue weighted by molar-refractivity contribution is 7.99. The molecule has 3 aromatic rings. The van der Waals surface area contributed by atoms with Gasteiger partial charge in [0.1, 0.15) is 11.6 Å². The van der Waals surface area contributed by atoms with E-state index in [1.54, 1.807) is 29.5 Å². The number of esters is 1. The molecule has 190 valence electrons. The summed E-state index contributed by atoms with van der Waals surface area (Å²) in [6.45, 7) is 2.36. The van der Waals surface area contributed by atoms with Gasteiger partial charge in [-0.05, 0) is 29.8 Å². The van der Waals surface area contributed by atoms with E-state index in [9.17, 15) is 14.4 Å². The van der Waals surface area contributed by atoms with Crippen LogP contribution in [-0.4, -0.2) is 69.3 Å². The second kappa shape index (κ2) is 14.3. The number of nitrogens with zero attached hydrogens (tertiary/aromatic N) is 1. The van der Waals surface area contributed by atoms with E-state index in [0.29, 0.717) is 38.2 Å². The molecule has 1 saturated heterocycles. The van der Waals surface area contributed by atoms with Gasteiger partial charge in [-0.1, -0.05) is 48.3 Å². The Kier molecular flexibility index (Phi) is 10.8. The standard InChI is InChI=1S/C16H18N2O2S.C10H11NO3S/c1-17-15-13(16(19)18-7-9-20-10-8-18)11-14(21-15)12-5-3-2-4-6-12;1-15-11-9-4-2-3-8(7-9)10(13)14-6-5-12/h2-6,11,17H,7-10H2,1H3;2-5,7,11H,6H2,1H3. The molecule has 0 spiro atoms. The van der Waals surface area contributed by atoms with Crippen molar-refractivity contribution in [3.63, 3.8) is 0 Å². The lowest BCUT2D eigenvalue weighted by molar-refractivity contribution is -0.110. The average molecular weight is 528 g/mol. The molecule has 2 heterocycles. The van der Waals surface area contributed by atoms with E-state index in [0.717, 1.165) is 26.7 Å². The van der Waals surface area contributed by atoms with Crippen LogP contribution in [0.1, 0.15) is 20.7 Å². The third-order valence-corrected chi connectivity index (χ3v) is 6.79. The molecule has 1 aromatic heterocycles. The van der Waals surface area contributed by atoms with Gasteiger partial charge in [0.25, 0.3) is 5.91 Å². The Morgan fingerprint density at radius 3 is 2.53 bits per heavy atom. The van der Waals surface area contributed by atoms with E-state index >= 15 is 0 Å². The van der Waals surface area contributed by atoms with Crippen LogP contribution in [0.2, 0.25) is 0 Å². The molecule has 2 aromatic carbocycles. The number of hydrogen-bond donors (Lipinski definition) is 2. The first-order valence-electron chi connectivity index (χ1n) is 11.3. The van der Waals surface area contributed by atoms with Crippen LogP contribution in [0.4, 0.5) is 10.7 Å². The minimum absolute atomic E-state index is 0.0843. The Balaban J connectivity index is 0.000000214. The van der Waals surface area contributed by atoms with Crippen LogP contribution in [-0.2, 0) is 14.3 Å². The van der Waals surface area contributed by atoms with Crippen molar-refractivity contribution in [1.82, 2.24) is 4.90 Å². The first-order chi connectivity index (χ1) is 17.6. The number of aldehydes is 1. The van der Waals surface area contributed by atoms with Gasteiger partial charge in [0, 0.05) is 37.0 Å². The van der Waals surface area contributed by atoms with E-state index in [-0.39, 0.29) is 12.5 Å². The molecule has 1 aliphatic heterocycles. The lowest BCUT2D eigenvalue weighted by Crippen LogP contribution is -2.40. The number of morpholine rings is 1. The molecule has 0 radical (unpaired) electrons. The number of amides is 1. The number of carbonyl (C=O) groups excluding carboxylic acids is 3. The fourth-order valence-corrected chi connectivity index (χ4v) is 4.81. The highest BCUT2D eigenvalue weighted by Gasteiger charge is 2.23. The number of rotatable bonds is 8. The zero-order valence-corrected chi connectivity index (χ0v) is 21.8. The fraction of sp³-hybridized carbons (Fsp3) is 0.269. The zero-order valence-electron chi connectivity index (χ0n) is 20.2. The normalized spacial score (nSPS) is 12.7. The quantitative estimate of drug-likeness (QED) is 0.248. The van der Waals surface area contributed by atoms with Crippen molar-refractivity contribution in [2.75, 3.05) is 56.3 Å². The summed E-state index contributed by atoms with van der Waals surface area (Å²) in [5.41, 5.74) is 3.14. The second-order valence-electron chi connectivity index (χ2n) is 7.53. The summed E-state index contributed by atoms with van der Waals surface area (Å²) >= 11 is 3.05. The van der Waals surface area contributed by atoms with Crippen molar-refractivity contribution in [3.05, 3.63) is 71.8 Å². The maximum Gasteiger partial charge on any atom is 0.338 e. The number of thiophene rings is 1. The Morgan fingerprint density at radius 1 is 1.11 bits per heavy atom. The molecule has 1 aliphatic rings. The monoisotopic (exact) mass is 527 g/mol. The van der Waals surface area contributed by atoms with Crippen LogP contribution in [0.15, 0.2) is 60.7 Å². The van der Waals surface area contributed by atoms with Gasteiger partial charge in [-0.2, -0.15) is 0 Å². The van der Waals surface area contributed by atoms with E-state index in [4.69, 9.17) is 4.74 Å². The average Bonchev–Trinajstić information content (AvgIpc) is 3.37. The van der Waals surface area contributed by atoms with Crippen molar-refractivity contribution >= 4 is 52.1 Å². The van der Waals surface area contributed by atoms with Gasteiger partial charge in [0.2, 0.25) is 0 Å². The molecule has 1 amide bonds.